The second kappa shape index (κ2) is 6.11. The molecule has 1 N–H and O–H groups in total. The standard InChI is InChI=1S/C12H22O3/c1-3-11(12(14)15-4-2)9-5-7-10(13)8-6-9/h9-11,13H,3-8H2,1-2H3/t9-,10-,11-/m1/s1. The van der Waals surface area contributed by atoms with Crippen molar-refractivity contribution in [3.63, 3.8) is 0 Å². The summed E-state index contributed by atoms with van der Waals surface area (Å²) >= 11 is 0. The van der Waals surface area contributed by atoms with Crippen molar-refractivity contribution < 1.29 is 14.6 Å². The summed E-state index contributed by atoms with van der Waals surface area (Å²) < 4.78 is 5.07. The highest BCUT2D eigenvalue weighted by Gasteiger charge is 2.31. The fourth-order valence-corrected chi connectivity index (χ4v) is 2.45. The number of hydrogen-bond donors (Lipinski definition) is 1. The second-order valence-electron chi connectivity index (χ2n) is 4.34. The highest BCUT2D eigenvalue weighted by atomic mass is 16.5. The van der Waals surface area contributed by atoms with E-state index in [4.69, 9.17) is 4.74 Å². The topological polar surface area (TPSA) is 46.5 Å². The van der Waals surface area contributed by atoms with E-state index in [0.29, 0.717) is 12.5 Å². The molecule has 0 aromatic rings. The lowest BCUT2D eigenvalue weighted by Crippen LogP contribution is -2.30. The Bertz CT molecular complexity index is 195. The molecule has 3 nitrogen and oxygen atoms in total. The fourth-order valence-electron chi connectivity index (χ4n) is 2.45. The molecular weight excluding hydrogens is 192 g/mol. The number of carbonyl (C=O) groups is 1. The summed E-state index contributed by atoms with van der Waals surface area (Å²) in [6, 6.07) is 0. The van der Waals surface area contributed by atoms with Gasteiger partial charge in [0.15, 0.2) is 0 Å². The van der Waals surface area contributed by atoms with Gasteiger partial charge >= 0.3 is 5.97 Å². The Balaban J connectivity index is 2.47. The van der Waals surface area contributed by atoms with Crippen molar-refractivity contribution in [2.75, 3.05) is 6.61 Å². The van der Waals surface area contributed by atoms with Gasteiger partial charge in [-0.3, -0.25) is 4.79 Å². The number of esters is 1. The number of carbonyl (C=O) groups excluding carboxylic acids is 1. The van der Waals surface area contributed by atoms with Crippen LogP contribution in [0.1, 0.15) is 46.0 Å². The molecule has 0 amide bonds. The van der Waals surface area contributed by atoms with Crippen molar-refractivity contribution in [1.29, 1.82) is 0 Å². The van der Waals surface area contributed by atoms with Crippen LogP contribution >= 0.6 is 0 Å². The Morgan fingerprint density at radius 1 is 1.33 bits per heavy atom. The van der Waals surface area contributed by atoms with Gasteiger partial charge in [0.1, 0.15) is 0 Å². The van der Waals surface area contributed by atoms with Crippen LogP contribution in [0.3, 0.4) is 0 Å². The van der Waals surface area contributed by atoms with Crippen LogP contribution in [0.5, 0.6) is 0 Å². The zero-order valence-electron chi connectivity index (χ0n) is 9.74. The molecular formula is C12H22O3. The summed E-state index contributed by atoms with van der Waals surface area (Å²) in [7, 11) is 0. The van der Waals surface area contributed by atoms with Gasteiger partial charge < -0.3 is 9.84 Å². The molecule has 3 heteroatoms. The van der Waals surface area contributed by atoms with Crippen molar-refractivity contribution >= 4 is 5.97 Å². The van der Waals surface area contributed by atoms with Crippen molar-refractivity contribution in [1.82, 2.24) is 0 Å². The lowest BCUT2D eigenvalue weighted by Gasteiger charge is -2.30. The normalized spacial score (nSPS) is 28.5. The van der Waals surface area contributed by atoms with Gasteiger partial charge in [0.05, 0.1) is 18.6 Å². The number of hydrogen-bond acceptors (Lipinski definition) is 3. The number of aliphatic hydroxyl groups excluding tert-OH is 1. The molecule has 0 aliphatic heterocycles. The van der Waals surface area contributed by atoms with E-state index in [1.807, 2.05) is 13.8 Å². The average Bonchev–Trinajstić information content (AvgIpc) is 2.22. The Hall–Kier alpha value is -0.570. The first-order valence-electron chi connectivity index (χ1n) is 6.03. The van der Waals surface area contributed by atoms with Crippen LogP contribution < -0.4 is 0 Å². The van der Waals surface area contributed by atoms with E-state index in [9.17, 15) is 9.90 Å². The maximum atomic E-state index is 11.7. The van der Waals surface area contributed by atoms with E-state index in [0.717, 1.165) is 32.1 Å². The van der Waals surface area contributed by atoms with E-state index < -0.39 is 0 Å². The second-order valence-corrected chi connectivity index (χ2v) is 4.34. The molecule has 1 fully saturated rings. The van der Waals surface area contributed by atoms with Crippen LogP contribution in [0.25, 0.3) is 0 Å². The predicted octanol–water partition coefficient (Wildman–Crippen LogP) is 2.13. The fraction of sp³-hybridized carbons (Fsp3) is 0.917. The molecule has 1 atom stereocenters. The molecule has 0 spiro atoms. The monoisotopic (exact) mass is 214 g/mol. The van der Waals surface area contributed by atoms with Gasteiger partial charge in [-0.1, -0.05) is 6.92 Å². The summed E-state index contributed by atoms with van der Waals surface area (Å²) in [5.74, 6) is 0.399. The quantitative estimate of drug-likeness (QED) is 0.729. The highest BCUT2D eigenvalue weighted by Crippen LogP contribution is 2.32. The van der Waals surface area contributed by atoms with Crippen LogP contribution in [0.15, 0.2) is 0 Å². The molecule has 0 aromatic heterocycles. The molecule has 1 aliphatic carbocycles. The maximum absolute atomic E-state index is 11.7. The van der Waals surface area contributed by atoms with Gasteiger partial charge in [-0.15, -0.1) is 0 Å². The molecule has 15 heavy (non-hydrogen) atoms. The van der Waals surface area contributed by atoms with Gasteiger partial charge in [-0.25, -0.2) is 0 Å². The van der Waals surface area contributed by atoms with E-state index in [-0.39, 0.29) is 18.0 Å². The first-order chi connectivity index (χ1) is 7.19. The van der Waals surface area contributed by atoms with E-state index >= 15 is 0 Å². The summed E-state index contributed by atoms with van der Waals surface area (Å²) in [6.07, 6.45) is 4.28. The summed E-state index contributed by atoms with van der Waals surface area (Å²) in [4.78, 5) is 11.7. The first kappa shape index (κ1) is 12.5. The van der Waals surface area contributed by atoms with Crippen LogP contribution in [-0.4, -0.2) is 23.8 Å². The minimum absolute atomic E-state index is 0.0393. The average molecular weight is 214 g/mol. The summed E-state index contributed by atoms with van der Waals surface area (Å²) in [6.45, 7) is 4.34. The zero-order chi connectivity index (χ0) is 11.3. The van der Waals surface area contributed by atoms with Crippen molar-refractivity contribution in [3.05, 3.63) is 0 Å². The van der Waals surface area contributed by atoms with Crippen molar-refractivity contribution in [2.24, 2.45) is 11.8 Å². The maximum Gasteiger partial charge on any atom is 0.309 e. The van der Waals surface area contributed by atoms with E-state index in [1.165, 1.54) is 0 Å². The third-order valence-corrected chi connectivity index (χ3v) is 3.34. The number of ether oxygens (including phenoxy) is 1. The minimum Gasteiger partial charge on any atom is -0.466 e. The molecule has 0 saturated heterocycles. The summed E-state index contributed by atoms with van der Waals surface area (Å²) in [5.41, 5.74) is 0. The van der Waals surface area contributed by atoms with Crippen LogP contribution in [0.4, 0.5) is 0 Å². The smallest absolute Gasteiger partial charge is 0.309 e. The van der Waals surface area contributed by atoms with Gasteiger partial charge in [-0.2, -0.15) is 0 Å². The van der Waals surface area contributed by atoms with E-state index in [2.05, 4.69) is 0 Å². The third-order valence-electron chi connectivity index (χ3n) is 3.34. The van der Waals surface area contributed by atoms with Crippen molar-refractivity contribution in [2.45, 2.75) is 52.1 Å². The SMILES string of the molecule is CCOC(=O)[C@H](CC)[C@H]1CC[C@H](O)CC1. The largest absolute Gasteiger partial charge is 0.466 e. The Kier molecular flexibility index (Phi) is 5.09. The Morgan fingerprint density at radius 2 is 1.93 bits per heavy atom. The molecule has 0 bridgehead atoms. The summed E-state index contributed by atoms with van der Waals surface area (Å²) in [5, 5.41) is 9.41. The molecule has 0 radical (unpaired) electrons. The zero-order valence-corrected chi connectivity index (χ0v) is 9.74. The van der Waals surface area contributed by atoms with Crippen LogP contribution in [0.2, 0.25) is 0 Å². The Labute approximate surface area is 91.8 Å². The van der Waals surface area contributed by atoms with Gasteiger partial charge in [0.25, 0.3) is 0 Å². The molecule has 88 valence electrons. The third kappa shape index (κ3) is 3.49. The molecule has 1 saturated carbocycles. The number of aliphatic hydroxyl groups is 1. The molecule has 0 heterocycles. The van der Waals surface area contributed by atoms with Crippen LogP contribution in [-0.2, 0) is 9.53 Å². The first-order valence-corrected chi connectivity index (χ1v) is 6.03. The molecule has 0 aromatic carbocycles. The predicted molar refractivity (Wildman–Crippen MR) is 58.4 cm³/mol. The lowest BCUT2D eigenvalue weighted by atomic mass is 9.78. The van der Waals surface area contributed by atoms with Crippen LogP contribution in [0, 0.1) is 11.8 Å². The highest BCUT2D eigenvalue weighted by molar-refractivity contribution is 5.72. The molecule has 1 aliphatic rings. The van der Waals surface area contributed by atoms with Gasteiger partial charge in [0, 0.05) is 0 Å². The minimum atomic E-state index is -0.152. The van der Waals surface area contributed by atoms with E-state index in [1.54, 1.807) is 0 Å². The Morgan fingerprint density at radius 3 is 2.40 bits per heavy atom. The van der Waals surface area contributed by atoms with Crippen molar-refractivity contribution in [3.8, 4) is 0 Å². The van der Waals surface area contributed by atoms with Gasteiger partial charge in [-0.05, 0) is 44.9 Å². The lowest BCUT2D eigenvalue weighted by molar-refractivity contribution is -0.151. The number of rotatable bonds is 4. The molecule has 1 rings (SSSR count). The molecule has 0 unspecified atom stereocenters. The van der Waals surface area contributed by atoms with Gasteiger partial charge in [0.2, 0.25) is 0 Å².